The van der Waals surface area contributed by atoms with Crippen LogP contribution in [0, 0.1) is 5.92 Å². The van der Waals surface area contributed by atoms with Crippen LogP contribution in [0.5, 0.6) is 0 Å². The molecule has 7 nitrogen and oxygen atoms in total. The fraction of sp³-hybridized carbons (Fsp3) is 0.556. The number of hydrogen-bond donors (Lipinski definition) is 2. The van der Waals surface area contributed by atoms with Crippen LogP contribution in [-0.2, 0) is 14.6 Å². The van der Waals surface area contributed by atoms with Gasteiger partial charge in [-0.15, -0.1) is 0 Å². The molecule has 2 fully saturated rings. The Hall–Kier alpha value is -2.09. The van der Waals surface area contributed by atoms with E-state index in [0.717, 1.165) is 5.69 Å². The molecule has 0 saturated carbocycles. The van der Waals surface area contributed by atoms with Crippen molar-refractivity contribution in [2.24, 2.45) is 10.9 Å². The van der Waals surface area contributed by atoms with E-state index >= 15 is 0 Å². The summed E-state index contributed by atoms with van der Waals surface area (Å²) in [5.74, 6) is 1.30. The molecule has 26 heavy (non-hydrogen) atoms. The average Bonchev–Trinajstić information content (AvgIpc) is 3.15. The Morgan fingerprint density at radius 3 is 2.73 bits per heavy atom. The first kappa shape index (κ1) is 18.7. The van der Waals surface area contributed by atoms with Crippen molar-refractivity contribution < 1.29 is 13.2 Å². The van der Waals surface area contributed by atoms with E-state index in [1.807, 2.05) is 37.3 Å². The molecular weight excluding hydrogens is 352 g/mol. The molecule has 0 aliphatic carbocycles. The molecule has 0 aromatic heterocycles. The maximum atomic E-state index is 12.3. The zero-order chi connectivity index (χ0) is 18.6. The van der Waals surface area contributed by atoms with Crippen molar-refractivity contribution in [3.8, 4) is 0 Å². The normalized spacial score (nSPS) is 25.5. The lowest BCUT2D eigenvalue weighted by Gasteiger charge is -2.19. The van der Waals surface area contributed by atoms with E-state index < -0.39 is 9.84 Å². The number of sulfone groups is 1. The first-order valence-electron chi connectivity index (χ1n) is 9.07. The summed E-state index contributed by atoms with van der Waals surface area (Å²) in [5, 5.41) is 6.50. The van der Waals surface area contributed by atoms with Gasteiger partial charge in [-0.1, -0.05) is 18.2 Å². The lowest BCUT2D eigenvalue weighted by molar-refractivity contribution is -0.117. The number of carbonyl (C=O) groups is 1. The van der Waals surface area contributed by atoms with Crippen LogP contribution in [0.1, 0.15) is 19.8 Å². The molecule has 2 atom stereocenters. The Labute approximate surface area is 154 Å². The standard InChI is InChI=1S/C18H26N4O3S/c1-2-19-18(20-11-14-8-9-26(24,25)13-14)21-15-10-17(23)22(12-15)16-6-4-3-5-7-16/h3-7,14-15H,2,8-13H2,1H3,(H2,19,20,21). The first-order chi connectivity index (χ1) is 12.5. The number of carbonyl (C=O) groups excluding carboxylic acids is 1. The summed E-state index contributed by atoms with van der Waals surface area (Å²) < 4.78 is 23.1. The molecule has 2 unspecified atom stereocenters. The van der Waals surface area contributed by atoms with Crippen molar-refractivity contribution in [2.75, 3.05) is 36.0 Å². The summed E-state index contributed by atoms with van der Waals surface area (Å²) in [7, 11) is -2.88. The summed E-state index contributed by atoms with van der Waals surface area (Å²) in [6.07, 6.45) is 1.09. The van der Waals surface area contributed by atoms with E-state index in [1.165, 1.54) is 0 Å². The minimum Gasteiger partial charge on any atom is -0.357 e. The van der Waals surface area contributed by atoms with Crippen molar-refractivity contribution in [2.45, 2.75) is 25.8 Å². The highest BCUT2D eigenvalue weighted by molar-refractivity contribution is 7.91. The van der Waals surface area contributed by atoms with Gasteiger partial charge >= 0.3 is 0 Å². The molecule has 0 radical (unpaired) electrons. The zero-order valence-corrected chi connectivity index (χ0v) is 15.8. The highest BCUT2D eigenvalue weighted by Gasteiger charge is 2.31. The largest absolute Gasteiger partial charge is 0.357 e. The van der Waals surface area contributed by atoms with Crippen molar-refractivity contribution in [1.82, 2.24) is 10.6 Å². The van der Waals surface area contributed by atoms with Gasteiger partial charge in [0.05, 0.1) is 17.5 Å². The van der Waals surface area contributed by atoms with Gasteiger partial charge in [0.1, 0.15) is 0 Å². The summed E-state index contributed by atoms with van der Waals surface area (Å²) in [5.41, 5.74) is 0.903. The Morgan fingerprint density at radius 1 is 1.31 bits per heavy atom. The summed E-state index contributed by atoms with van der Waals surface area (Å²) >= 11 is 0. The second-order valence-electron chi connectivity index (χ2n) is 6.87. The van der Waals surface area contributed by atoms with Crippen LogP contribution >= 0.6 is 0 Å². The van der Waals surface area contributed by atoms with Gasteiger partial charge in [-0.05, 0) is 31.4 Å². The number of hydrogen-bond acceptors (Lipinski definition) is 4. The SMILES string of the molecule is CCNC(=NCC1CCS(=O)(=O)C1)NC1CC(=O)N(c2ccccc2)C1. The number of anilines is 1. The topological polar surface area (TPSA) is 90.9 Å². The van der Waals surface area contributed by atoms with Gasteiger partial charge in [0.2, 0.25) is 5.91 Å². The van der Waals surface area contributed by atoms with Crippen molar-refractivity contribution in [1.29, 1.82) is 0 Å². The van der Waals surface area contributed by atoms with E-state index in [0.29, 0.717) is 38.4 Å². The lowest BCUT2D eigenvalue weighted by Crippen LogP contribution is -2.44. The third-order valence-corrected chi connectivity index (χ3v) is 6.55. The molecule has 2 aliphatic rings. The first-order valence-corrected chi connectivity index (χ1v) is 10.9. The molecule has 1 aromatic rings. The molecule has 2 heterocycles. The number of benzene rings is 1. The summed E-state index contributed by atoms with van der Waals surface area (Å²) in [6, 6.07) is 9.61. The second kappa shape index (κ2) is 8.07. The van der Waals surface area contributed by atoms with Crippen molar-refractivity contribution in [3.63, 3.8) is 0 Å². The maximum absolute atomic E-state index is 12.3. The number of guanidine groups is 1. The number of aliphatic imine (C=N–C) groups is 1. The fourth-order valence-electron chi connectivity index (χ4n) is 3.41. The van der Waals surface area contributed by atoms with Gasteiger partial charge in [0.25, 0.3) is 0 Å². The Kier molecular flexibility index (Phi) is 5.80. The van der Waals surface area contributed by atoms with E-state index in [-0.39, 0.29) is 29.4 Å². The monoisotopic (exact) mass is 378 g/mol. The van der Waals surface area contributed by atoms with Crippen molar-refractivity contribution >= 4 is 27.4 Å². The predicted octanol–water partition coefficient (Wildman–Crippen LogP) is 0.782. The van der Waals surface area contributed by atoms with Crippen LogP contribution in [0.25, 0.3) is 0 Å². The molecular formula is C18H26N4O3S. The minimum absolute atomic E-state index is 0.0205. The Balaban J connectivity index is 1.60. The highest BCUT2D eigenvalue weighted by Crippen LogP contribution is 2.21. The molecule has 8 heteroatoms. The quantitative estimate of drug-likeness (QED) is 0.584. The smallest absolute Gasteiger partial charge is 0.229 e. The van der Waals surface area contributed by atoms with Crippen molar-refractivity contribution in [3.05, 3.63) is 30.3 Å². The molecule has 3 rings (SSSR count). The zero-order valence-electron chi connectivity index (χ0n) is 15.0. The maximum Gasteiger partial charge on any atom is 0.229 e. The molecule has 0 spiro atoms. The highest BCUT2D eigenvalue weighted by atomic mass is 32.2. The molecule has 2 aliphatic heterocycles. The van der Waals surface area contributed by atoms with E-state index in [4.69, 9.17) is 0 Å². The molecule has 2 N–H and O–H groups in total. The Bertz CT molecular complexity index is 764. The predicted molar refractivity (Wildman–Crippen MR) is 103 cm³/mol. The molecule has 0 bridgehead atoms. The van der Waals surface area contributed by atoms with Crippen LogP contribution in [-0.4, -0.2) is 57.5 Å². The number of amides is 1. The van der Waals surface area contributed by atoms with Gasteiger partial charge in [-0.2, -0.15) is 0 Å². The van der Waals surface area contributed by atoms with E-state index in [9.17, 15) is 13.2 Å². The van der Waals surface area contributed by atoms with Crippen LogP contribution in [0.4, 0.5) is 5.69 Å². The summed E-state index contributed by atoms with van der Waals surface area (Å²) in [6.45, 7) is 3.76. The third kappa shape index (κ3) is 4.75. The lowest BCUT2D eigenvalue weighted by atomic mass is 10.1. The van der Waals surface area contributed by atoms with Gasteiger partial charge in [-0.3, -0.25) is 9.79 Å². The van der Waals surface area contributed by atoms with Gasteiger partial charge in [0.15, 0.2) is 15.8 Å². The number of para-hydroxylation sites is 1. The fourth-order valence-corrected chi connectivity index (χ4v) is 5.26. The minimum atomic E-state index is -2.88. The molecule has 1 aromatic carbocycles. The van der Waals surface area contributed by atoms with Gasteiger partial charge in [-0.25, -0.2) is 8.42 Å². The average molecular weight is 378 g/mol. The third-order valence-electron chi connectivity index (χ3n) is 4.71. The van der Waals surface area contributed by atoms with Crippen LogP contribution in [0.15, 0.2) is 35.3 Å². The van der Waals surface area contributed by atoms with Crippen LogP contribution in [0.2, 0.25) is 0 Å². The number of rotatable bonds is 5. The van der Waals surface area contributed by atoms with Gasteiger partial charge in [0, 0.05) is 31.7 Å². The van der Waals surface area contributed by atoms with E-state index in [2.05, 4.69) is 15.6 Å². The van der Waals surface area contributed by atoms with Crippen LogP contribution < -0.4 is 15.5 Å². The number of nitrogens with zero attached hydrogens (tertiary/aromatic N) is 2. The van der Waals surface area contributed by atoms with Crippen LogP contribution in [0.3, 0.4) is 0 Å². The Morgan fingerprint density at radius 2 is 2.08 bits per heavy atom. The summed E-state index contributed by atoms with van der Waals surface area (Å²) in [4.78, 5) is 18.7. The van der Waals surface area contributed by atoms with Gasteiger partial charge < -0.3 is 15.5 Å². The molecule has 142 valence electrons. The second-order valence-corrected chi connectivity index (χ2v) is 9.10. The van der Waals surface area contributed by atoms with E-state index in [1.54, 1.807) is 4.90 Å². The molecule has 1 amide bonds. The molecule has 2 saturated heterocycles. The number of nitrogens with one attached hydrogen (secondary N) is 2.